The largest absolute Gasteiger partial charge is 0.495 e. The lowest BCUT2D eigenvalue weighted by Gasteiger charge is -2.22. The number of methoxy groups -OCH3 is 1. The van der Waals surface area contributed by atoms with Crippen LogP contribution in [0.1, 0.15) is 35.9 Å². The van der Waals surface area contributed by atoms with E-state index in [1.54, 1.807) is 7.11 Å². The van der Waals surface area contributed by atoms with Crippen LogP contribution in [0.15, 0.2) is 28.8 Å². The third-order valence-electron chi connectivity index (χ3n) is 4.33. The maximum atomic E-state index is 12.5. The number of benzene rings is 1. The topological polar surface area (TPSA) is 67.6 Å². The van der Waals surface area contributed by atoms with Crippen LogP contribution >= 0.6 is 0 Å². The van der Waals surface area contributed by atoms with Gasteiger partial charge in [-0.05, 0) is 50.9 Å². The van der Waals surface area contributed by atoms with E-state index >= 15 is 0 Å². The van der Waals surface area contributed by atoms with Crippen molar-refractivity contribution in [2.45, 2.75) is 32.7 Å². The Labute approximate surface area is 141 Å². The molecule has 2 heterocycles. The molecule has 0 aliphatic carbocycles. The number of nitrogens with one attached hydrogen (secondary N) is 1. The summed E-state index contributed by atoms with van der Waals surface area (Å²) in [5, 5.41) is 7.07. The molecule has 1 aliphatic rings. The molecule has 6 heteroatoms. The fourth-order valence-electron chi connectivity index (χ4n) is 3.19. The van der Waals surface area contributed by atoms with Crippen molar-refractivity contribution in [1.82, 2.24) is 10.1 Å². The normalized spacial score (nSPS) is 17.9. The summed E-state index contributed by atoms with van der Waals surface area (Å²) in [5.74, 6) is 1.41. The van der Waals surface area contributed by atoms with Crippen LogP contribution in [0.5, 0.6) is 5.75 Å². The van der Waals surface area contributed by atoms with E-state index in [0.29, 0.717) is 18.0 Å². The van der Waals surface area contributed by atoms with Gasteiger partial charge < -0.3 is 14.6 Å². The molecule has 1 unspecified atom stereocenters. The lowest BCUT2D eigenvalue weighted by Crippen LogP contribution is -2.33. The zero-order valence-electron chi connectivity index (χ0n) is 14.3. The summed E-state index contributed by atoms with van der Waals surface area (Å²) in [6.45, 7) is 5.08. The summed E-state index contributed by atoms with van der Waals surface area (Å²) in [6, 6.07) is 7.83. The minimum atomic E-state index is -0.0500. The molecule has 1 aromatic carbocycles. The van der Waals surface area contributed by atoms with Crippen molar-refractivity contribution in [3.05, 3.63) is 41.3 Å². The first-order chi connectivity index (χ1) is 11.6. The Hall–Kier alpha value is -2.34. The Morgan fingerprint density at radius 2 is 2.25 bits per heavy atom. The number of carbonyl (C=O) groups is 1. The third kappa shape index (κ3) is 3.59. The monoisotopic (exact) mass is 329 g/mol. The molecule has 1 saturated heterocycles. The molecular formula is C18H23N3O3. The second-order valence-electron chi connectivity index (χ2n) is 6.24. The van der Waals surface area contributed by atoms with Crippen molar-refractivity contribution in [3.63, 3.8) is 0 Å². The first-order valence-corrected chi connectivity index (χ1v) is 8.18. The van der Waals surface area contributed by atoms with Crippen molar-refractivity contribution in [1.29, 1.82) is 0 Å². The molecule has 24 heavy (non-hydrogen) atoms. The SMILES string of the molecule is COc1ccc(C)cc1NC(=O)CN1CCCC1c1cc(C)on1. The van der Waals surface area contributed by atoms with Crippen LogP contribution in [-0.4, -0.2) is 36.2 Å². The van der Waals surface area contributed by atoms with Gasteiger partial charge in [-0.3, -0.25) is 9.69 Å². The predicted octanol–water partition coefficient (Wildman–Crippen LogP) is 3.08. The van der Waals surface area contributed by atoms with Gasteiger partial charge in [0.2, 0.25) is 5.91 Å². The predicted molar refractivity (Wildman–Crippen MR) is 91.1 cm³/mol. The number of likely N-dealkylation sites (tertiary alicyclic amines) is 1. The Bertz CT molecular complexity index is 726. The molecule has 1 fully saturated rings. The second kappa shape index (κ2) is 7.05. The fraction of sp³-hybridized carbons (Fsp3) is 0.444. The first kappa shape index (κ1) is 16.5. The van der Waals surface area contributed by atoms with Crippen LogP contribution in [0.25, 0.3) is 0 Å². The maximum Gasteiger partial charge on any atom is 0.238 e. The number of aryl methyl sites for hydroxylation is 2. The third-order valence-corrected chi connectivity index (χ3v) is 4.33. The van der Waals surface area contributed by atoms with Gasteiger partial charge in [0, 0.05) is 6.07 Å². The number of hydrogen-bond acceptors (Lipinski definition) is 5. The van der Waals surface area contributed by atoms with E-state index in [9.17, 15) is 4.79 Å². The molecule has 0 spiro atoms. The van der Waals surface area contributed by atoms with Crippen LogP contribution in [0.3, 0.4) is 0 Å². The fourth-order valence-corrected chi connectivity index (χ4v) is 3.19. The van der Waals surface area contributed by atoms with Crippen molar-refractivity contribution >= 4 is 11.6 Å². The van der Waals surface area contributed by atoms with Crippen LogP contribution in [0, 0.1) is 13.8 Å². The molecule has 0 saturated carbocycles. The van der Waals surface area contributed by atoms with Crippen molar-refractivity contribution in [3.8, 4) is 5.75 Å². The highest BCUT2D eigenvalue weighted by Crippen LogP contribution is 2.31. The molecule has 1 amide bonds. The summed E-state index contributed by atoms with van der Waals surface area (Å²) in [7, 11) is 1.60. The van der Waals surface area contributed by atoms with Crippen LogP contribution in [-0.2, 0) is 4.79 Å². The van der Waals surface area contributed by atoms with E-state index in [4.69, 9.17) is 9.26 Å². The minimum absolute atomic E-state index is 0.0500. The van der Waals surface area contributed by atoms with E-state index in [2.05, 4.69) is 15.4 Å². The van der Waals surface area contributed by atoms with Crippen molar-refractivity contribution in [2.24, 2.45) is 0 Å². The molecule has 1 aliphatic heterocycles. The number of hydrogen-bond donors (Lipinski definition) is 1. The lowest BCUT2D eigenvalue weighted by atomic mass is 10.1. The number of nitrogens with zero attached hydrogens (tertiary/aromatic N) is 2. The van der Waals surface area contributed by atoms with E-state index in [1.165, 1.54) is 0 Å². The summed E-state index contributed by atoms with van der Waals surface area (Å²) < 4.78 is 10.5. The van der Waals surface area contributed by atoms with Crippen molar-refractivity contribution in [2.75, 3.05) is 25.5 Å². The average Bonchev–Trinajstić information content (AvgIpc) is 3.16. The van der Waals surface area contributed by atoms with Gasteiger partial charge in [-0.1, -0.05) is 11.2 Å². The molecule has 128 valence electrons. The highest BCUT2D eigenvalue weighted by Gasteiger charge is 2.29. The van der Waals surface area contributed by atoms with Crippen LogP contribution < -0.4 is 10.1 Å². The van der Waals surface area contributed by atoms with E-state index in [0.717, 1.165) is 36.4 Å². The Kier molecular flexibility index (Phi) is 4.85. The quantitative estimate of drug-likeness (QED) is 0.913. The van der Waals surface area contributed by atoms with Gasteiger partial charge in [0.25, 0.3) is 0 Å². The number of amides is 1. The summed E-state index contributed by atoms with van der Waals surface area (Å²) in [5.41, 5.74) is 2.68. The highest BCUT2D eigenvalue weighted by atomic mass is 16.5. The minimum Gasteiger partial charge on any atom is -0.495 e. The van der Waals surface area contributed by atoms with Crippen LogP contribution in [0.2, 0.25) is 0 Å². The molecule has 0 bridgehead atoms. The van der Waals surface area contributed by atoms with E-state index < -0.39 is 0 Å². The van der Waals surface area contributed by atoms with Crippen LogP contribution in [0.4, 0.5) is 5.69 Å². The molecule has 3 rings (SSSR count). The summed E-state index contributed by atoms with van der Waals surface area (Å²) >= 11 is 0. The lowest BCUT2D eigenvalue weighted by molar-refractivity contribution is -0.117. The molecule has 1 N–H and O–H groups in total. The van der Waals surface area contributed by atoms with Gasteiger partial charge in [0.1, 0.15) is 17.2 Å². The van der Waals surface area contributed by atoms with Gasteiger partial charge in [0.15, 0.2) is 0 Å². The molecule has 2 aromatic rings. The smallest absolute Gasteiger partial charge is 0.238 e. The van der Waals surface area contributed by atoms with E-state index in [1.807, 2.05) is 38.1 Å². The number of anilines is 1. The number of rotatable bonds is 5. The molecule has 1 atom stereocenters. The molecule has 1 aromatic heterocycles. The number of carbonyl (C=O) groups excluding carboxylic acids is 1. The zero-order valence-corrected chi connectivity index (χ0v) is 14.3. The summed E-state index contributed by atoms with van der Waals surface area (Å²) in [6.07, 6.45) is 2.05. The second-order valence-corrected chi connectivity index (χ2v) is 6.24. The Morgan fingerprint density at radius 1 is 1.42 bits per heavy atom. The highest BCUT2D eigenvalue weighted by molar-refractivity contribution is 5.93. The number of ether oxygens (including phenoxy) is 1. The van der Waals surface area contributed by atoms with Gasteiger partial charge in [0.05, 0.1) is 25.4 Å². The standard InChI is InChI=1S/C18H23N3O3/c1-12-6-7-17(23-3)15(9-12)19-18(22)11-21-8-4-5-16(21)14-10-13(2)24-20-14/h6-7,9-10,16H,4-5,8,11H2,1-3H3,(H,19,22). The molecule has 6 nitrogen and oxygen atoms in total. The van der Waals surface area contributed by atoms with Gasteiger partial charge in [-0.15, -0.1) is 0 Å². The average molecular weight is 329 g/mol. The zero-order chi connectivity index (χ0) is 17.1. The van der Waals surface area contributed by atoms with Gasteiger partial charge >= 0.3 is 0 Å². The first-order valence-electron chi connectivity index (χ1n) is 8.18. The molecule has 0 radical (unpaired) electrons. The van der Waals surface area contributed by atoms with Crippen molar-refractivity contribution < 1.29 is 14.1 Å². The van der Waals surface area contributed by atoms with E-state index in [-0.39, 0.29) is 11.9 Å². The Balaban J connectivity index is 1.67. The summed E-state index contributed by atoms with van der Waals surface area (Å²) in [4.78, 5) is 14.6. The Morgan fingerprint density at radius 3 is 2.96 bits per heavy atom. The van der Waals surface area contributed by atoms with Gasteiger partial charge in [-0.2, -0.15) is 0 Å². The molecular weight excluding hydrogens is 306 g/mol. The van der Waals surface area contributed by atoms with Gasteiger partial charge in [-0.25, -0.2) is 0 Å². The maximum absolute atomic E-state index is 12.5. The number of aromatic nitrogens is 1.